The SMILES string of the molecule is CCn1nnnc1-c1cccc(C(=O)NCc2cccc(F)c2)c1. The first-order valence-electron chi connectivity index (χ1n) is 7.56. The lowest BCUT2D eigenvalue weighted by atomic mass is 10.1. The third-order valence-electron chi connectivity index (χ3n) is 3.56. The van der Waals surface area contributed by atoms with Gasteiger partial charge in [-0.05, 0) is 47.2 Å². The third-order valence-corrected chi connectivity index (χ3v) is 3.56. The second-order valence-corrected chi connectivity index (χ2v) is 5.21. The van der Waals surface area contributed by atoms with Crippen molar-refractivity contribution in [3.63, 3.8) is 0 Å². The van der Waals surface area contributed by atoms with Gasteiger partial charge in [-0.3, -0.25) is 4.79 Å². The predicted octanol–water partition coefficient (Wildman–Crippen LogP) is 2.43. The van der Waals surface area contributed by atoms with E-state index < -0.39 is 0 Å². The summed E-state index contributed by atoms with van der Waals surface area (Å²) in [6, 6.07) is 13.2. The van der Waals surface area contributed by atoms with E-state index >= 15 is 0 Å². The van der Waals surface area contributed by atoms with Crippen molar-refractivity contribution < 1.29 is 9.18 Å². The molecule has 1 heterocycles. The molecule has 0 bridgehead atoms. The molecule has 3 rings (SSSR count). The number of aromatic nitrogens is 4. The number of hydrogen-bond donors (Lipinski definition) is 1. The minimum absolute atomic E-state index is 0.239. The lowest BCUT2D eigenvalue weighted by Crippen LogP contribution is -2.22. The van der Waals surface area contributed by atoms with Gasteiger partial charge in [0.05, 0.1) is 0 Å². The topological polar surface area (TPSA) is 72.7 Å². The quantitative estimate of drug-likeness (QED) is 0.782. The Morgan fingerprint density at radius 1 is 1.21 bits per heavy atom. The molecule has 0 aliphatic heterocycles. The molecule has 1 aromatic heterocycles. The van der Waals surface area contributed by atoms with E-state index in [4.69, 9.17) is 0 Å². The van der Waals surface area contributed by atoms with Crippen LogP contribution in [-0.4, -0.2) is 26.1 Å². The Balaban J connectivity index is 1.75. The fourth-order valence-corrected chi connectivity index (χ4v) is 2.36. The number of rotatable bonds is 5. The first kappa shape index (κ1) is 15.8. The molecule has 24 heavy (non-hydrogen) atoms. The van der Waals surface area contributed by atoms with E-state index in [9.17, 15) is 9.18 Å². The molecule has 0 saturated carbocycles. The zero-order valence-corrected chi connectivity index (χ0v) is 13.1. The van der Waals surface area contributed by atoms with Gasteiger partial charge in [-0.15, -0.1) is 5.10 Å². The highest BCUT2D eigenvalue weighted by Crippen LogP contribution is 2.17. The second-order valence-electron chi connectivity index (χ2n) is 5.21. The molecular formula is C17H16FN5O. The summed E-state index contributed by atoms with van der Waals surface area (Å²) in [5, 5.41) is 14.3. The maximum absolute atomic E-state index is 13.2. The molecule has 6 nitrogen and oxygen atoms in total. The van der Waals surface area contributed by atoms with Crippen LogP contribution in [0.4, 0.5) is 4.39 Å². The van der Waals surface area contributed by atoms with Gasteiger partial charge in [0.15, 0.2) is 5.82 Å². The molecule has 3 aromatic rings. The van der Waals surface area contributed by atoms with E-state index in [1.165, 1.54) is 12.1 Å². The number of benzene rings is 2. The van der Waals surface area contributed by atoms with E-state index in [0.29, 0.717) is 23.5 Å². The molecular weight excluding hydrogens is 309 g/mol. The monoisotopic (exact) mass is 325 g/mol. The van der Waals surface area contributed by atoms with Gasteiger partial charge in [-0.25, -0.2) is 9.07 Å². The van der Waals surface area contributed by atoms with Gasteiger partial charge in [0.25, 0.3) is 5.91 Å². The van der Waals surface area contributed by atoms with Crippen molar-refractivity contribution in [2.75, 3.05) is 0 Å². The zero-order chi connectivity index (χ0) is 16.9. The molecule has 0 aliphatic rings. The number of tetrazole rings is 1. The summed E-state index contributed by atoms with van der Waals surface area (Å²) in [6.07, 6.45) is 0. The van der Waals surface area contributed by atoms with Gasteiger partial charge in [0.2, 0.25) is 0 Å². The molecule has 7 heteroatoms. The summed E-state index contributed by atoms with van der Waals surface area (Å²) < 4.78 is 14.8. The Morgan fingerprint density at radius 2 is 2.04 bits per heavy atom. The van der Waals surface area contributed by atoms with Crippen LogP contribution in [0, 0.1) is 5.82 Å². The van der Waals surface area contributed by atoms with Gasteiger partial charge in [0.1, 0.15) is 5.82 Å². The summed E-state index contributed by atoms with van der Waals surface area (Å²) >= 11 is 0. The van der Waals surface area contributed by atoms with Crippen molar-refractivity contribution in [1.29, 1.82) is 0 Å². The summed E-state index contributed by atoms with van der Waals surface area (Å²) in [6.45, 7) is 2.83. The smallest absolute Gasteiger partial charge is 0.251 e. The summed E-state index contributed by atoms with van der Waals surface area (Å²) in [7, 11) is 0. The van der Waals surface area contributed by atoms with Crippen molar-refractivity contribution in [2.24, 2.45) is 0 Å². The number of carbonyl (C=O) groups excluding carboxylic acids is 1. The lowest BCUT2D eigenvalue weighted by molar-refractivity contribution is 0.0951. The Bertz CT molecular complexity index is 861. The number of hydrogen-bond acceptors (Lipinski definition) is 4. The number of aryl methyl sites for hydroxylation is 1. The maximum Gasteiger partial charge on any atom is 0.251 e. The summed E-state index contributed by atoms with van der Waals surface area (Å²) in [4.78, 5) is 12.3. The van der Waals surface area contributed by atoms with E-state index in [-0.39, 0.29) is 18.3 Å². The Labute approximate surface area is 138 Å². The number of carbonyl (C=O) groups is 1. The highest BCUT2D eigenvalue weighted by Gasteiger charge is 2.11. The van der Waals surface area contributed by atoms with Crippen molar-refractivity contribution in [3.05, 3.63) is 65.5 Å². The molecule has 0 atom stereocenters. The molecule has 0 unspecified atom stereocenters. The molecule has 122 valence electrons. The van der Waals surface area contributed by atoms with Gasteiger partial charge < -0.3 is 5.32 Å². The first-order valence-corrected chi connectivity index (χ1v) is 7.56. The first-order chi connectivity index (χ1) is 11.7. The van der Waals surface area contributed by atoms with E-state index in [2.05, 4.69) is 20.8 Å². The zero-order valence-electron chi connectivity index (χ0n) is 13.1. The molecule has 2 aromatic carbocycles. The highest BCUT2D eigenvalue weighted by molar-refractivity contribution is 5.95. The van der Waals surface area contributed by atoms with Crippen LogP contribution < -0.4 is 5.32 Å². The molecule has 1 N–H and O–H groups in total. The largest absolute Gasteiger partial charge is 0.348 e. The minimum atomic E-state index is -0.324. The molecule has 0 saturated heterocycles. The average Bonchev–Trinajstić information content (AvgIpc) is 3.08. The van der Waals surface area contributed by atoms with Crippen LogP contribution in [0.3, 0.4) is 0 Å². The van der Waals surface area contributed by atoms with E-state index in [1.807, 2.05) is 13.0 Å². The normalized spacial score (nSPS) is 10.6. The van der Waals surface area contributed by atoms with Crippen LogP contribution in [0.1, 0.15) is 22.8 Å². The van der Waals surface area contributed by atoms with E-state index in [1.54, 1.807) is 35.0 Å². The average molecular weight is 325 g/mol. The summed E-state index contributed by atoms with van der Waals surface area (Å²) in [5.41, 5.74) is 1.96. The van der Waals surface area contributed by atoms with E-state index in [0.717, 1.165) is 5.56 Å². The third kappa shape index (κ3) is 3.45. The van der Waals surface area contributed by atoms with Crippen LogP contribution in [0.5, 0.6) is 0 Å². The van der Waals surface area contributed by atoms with Crippen LogP contribution in [-0.2, 0) is 13.1 Å². The van der Waals surface area contributed by atoms with Gasteiger partial charge in [-0.1, -0.05) is 24.3 Å². The predicted molar refractivity (Wildman–Crippen MR) is 86.5 cm³/mol. The fraction of sp³-hybridized carbons (Fsp3) is 0.176. The Hall–Kier alpha value is -3.09. The standard InChI is InChI=1S/C17H16FN5O/c1-2-23-16(20-21-22-23)13-6-4-7-14(10-13)17(24)19-11-12-5-3-8-15(18)9-12/h3-10H,2,11H2,1H3,(H,19,24). The van der Waals surface area contributed by atoms with Crippen LogP contribution in [0.25, 0.3) is 11.4 Å². The lowest BCUT2D eigenvalue weighted by Gasteiger charge is -2.07. The number of nitrogens with one attached hydrogen (secondary N) is 1. The molecule has 0 fully saturated rings. The molecule has 1 amide bonds. The number of halogens is 1. The molecule has 0 radical (unpaired) electrons. The van der Waals surface area contributed by atoms with Crippen LogP contribution in [0.2, 0.25) is 0 Å². The van der Waals surface area contributed by atoms with Crippen LogP contribution >= 0.6 is 0 Å². The number of nitrogens with zero attached hydrogens (tertiary/aromatic N) is 4. The summed E-state index contributed by atoms with van der Waals surface area (Å²) in [5.74, 6) is 0.0454. The van der Waals surface area contributed by atoms with Crippen molar-refractivity contribution in [1.82, 2.24) is 25.5 Å². The van der Waals surface area contributed by atoms with Gasteiger partial charge >= 0.3 is 0 Å². The van der Waals surface area contributed by atoms with Crippen molar-refractivity contribution >= 4 is 5.91 Å². The minimum Gasteiger partial charge on any atom is -0.348 e. The Kier molecular flexibility index (Phi) is 4.60. The second kappa shape index (κ2) is 6.99. The highest BCUT2D eigenvalue weighted by atomic mass is 19.1. The maximum atomic E-state index is 13.2. The van der Waals surface area contributed by atoms with Crippen molar-refractivity contribution in [3.8, 4) is 11.4 Å². The molecule has 0 spiro atoms. The van der Waals surface area contributed by atoms with Crippen LogP contribution in [0.15, 0.2) is 48.5 Å². The van der Waals surface area contributed by atoms with Gasteiger partial charge in [-0.2, -0.15) is 0 Å². The Morgan fingerprint density at radius 3 is 2.83 bits per heavy atom. The fourth-order valence-electron chi connectivity index (χ4n) is 2.36. The molecule has 0 aliphatic carbocycles. The number of amides is 1. The van der Waals surface area contributed by atoms with Crippen molar-refractivity contribution in [2.45, 2.75) is 20.0 Å². The van der Waals surface area contributed by atoms with Gasteiger partial charge in [0, 0.05) is 24.2 Å².